The molecule has 1 N–H and O–H groups in total. The van der Waals surface area contributed by atoms with E-state index in [9.17, 15) is 4.39 Å². The summed E-state index contributed by atoms with van der Waals surface area (Å²) in [6.07, 6.45) is 3.60. The molecule has 0 heterocycles. The normalized spacial score (nSPS) is 29.1. The summed E-state index contributed by atoms with van der Waals surface area (Å²) >= 11 is 0. The molecule has 94 valence electrons. The van der Waals surface area contributed by atoms with Crippen molar-refractivity contribution < 1.29 is 4.39 Å². The Bertz CT molecular complexity index is 379. The van der Waals surface area contributed by atoms with Crippen LogP contribution in [0.4, 0.5) is 10.1 Å². The quantitative estimate of drug-likeness (QED) is 0.802. The van der Waals surface area contributed by atoms with Crippen LogP contribution in [0.15, 0.2) is 18.2 Å². The molecule has 1 aromatic rings. The lowest BCUT2D eigenvalue weighted by Crippen LogP contribution is -2.30. The third-order valence-electron chi connectivity index (χ3n) is 3.66. The Morgan fingerprint density at radius 3 is 2.35 bits per heavy atom. The van der Waals surface area contributed by atoms with Gasteiger partial charge in [-0.05, 0) is 55.7 Å². The van der Waals surface area contributed by atoms with Gasteiger partial charge in [-0.2, -0.15) is 0 Å². The molecule has 1 saturated carbocycles. The van der Waals surface area contributed by atoms with Gasteiger partial charge in [-0.1, -0.05) is 19.9 Å². The van der Waals surface area contributed by atoms with Gasteiger partial charge >= 0.3 is 0 Å². The van der Waals surface area contributed by atoms with Crippen molar-refractivity contribution in [2.24, 2.45) is 11.8 Å². The molecule has 0 amide bonds. The first-order valence-electron chi connectivity index (χ1n) is 6.57. The highest BCUT2D eigenvalue weighted by Crippen LogP contribution is 2.31. The fraction of sp³-hybridized carbons (Fsp3) is 0.600. The Hall–Kier alpha value is -1.05. The second kappa shape index (κ2) is 5.07. The van der Waals surface area contributed by atoms with Crippen LogP contribution >= 0.6 is 0 Å². The molecule has 1 aliphatic carbocycles. The Labute approximate surface area is 103 Å². The molecule has 2 heteroatoms. The van der Waals surface area contributed by atoms with E-state index in [1.165, 1.54) is 6.42 Å². The topological polar surface area (TPSA) is 12.0 Å². The summed E-state index contributed by atoms with van der Waals surface area (Å²) in [7, 11) is 0. The summed E-state index contributed by atoms with van der Waals surface area (Å²) in [5, 5.41) is 3.36. The first-order valence-corrected chi connectivity index (χ1v) is 6.57. The fourth-order valence-corrected chi connectivity index (χ4v) is 3.02. The van der Waals surface area contributed by atoms with Crippen LogP contribution in [0.25, 0.3) is 0 Å². The third-order valence-corrected chi connectivity index (χ3v) is 3.66. The van der Waals surface area contributed by atoms with E-state index in [0.717, 1.165) is 30.2 Å². The molecule has 0 aliphatic heterocycles. The molecule has 1 aromatic carbocycles. The summed E-state index contributed by atoms with van der Waals surface area (Å²) in [5.74, 6) is 1.35. The summed E-state index contributed by atoms with van der Waals surface area (Å²) in [6, 6.07) is 5.83. The van der Waals surface area contributed by atoms with Crippen LogP contribution in [0.3, 0.4) is 0 Å². The van der Waals surface area contributed by atoms with E-state index in [1.807, 2.05) is 19.1 Å². The molecule has 2 atom stereocenters. The van der Waals surface area contributed by atoms with Gasteiger partial charge in [-0.3, -0.25) is 0 Å². The first-order chi connectivity index (χ1) is 8.04. The third kappa shape index (κ3) is 3.21. The van der Waals surface area contributed by atoms with Gasteiger partial charge in [-0.25, -0.2) is 4.39 Å². The average Bonchev–Trinajstić information content (AvgIpc) is 2.21. The predicted octanol–water partition coefficient (Wildman–Crippen LogP) is 4.37. The average molecular weight is 235 g/mol. The van der Waals surface area contributed by atoms with Crippen molar-refractivity contribution in [3.8, 4) is 0 Å². The van der Waals surface area contributed by atoms with E-state index < -0.39 is 0 Å². The standard InChI is InChI=1S/C15H22FN/c1-10-4-5-15(14(16)9-10)17-13-7-11(2)6-12(3)8-13/h4-5,9,11-13,17H,6-8H2,1-3H3. The number of anilines is 1. The van der Waals surface area contributed by atoms with Crippen molar-refractivity contribution >= 4 is 5.69 Å². The molecule has 2 rings (SSSR count). The summed E-state index contributed by atoms with van der Waals surface area (Å²) in [6.45, 7) is 6.49. The number of nitrogens with one attached hydrogen (secondary N) is 1. The second-order valence-corrected chi connectivity index (χ2v) is 5.74. The second-order valence-electron chi connectivity index (χ2n) is 5.74. The smallest absolute Gasteiger partial charge is 0.146 e. The number of rotatable bonds is 2. The van der Waals surface area contributed by atoms with E-state index in [0.29, 0.717) is 11.7 Å². The zero-order valence-electron chi connectivity index (χ0n) is 11.0. The van der Waals surface area contributed by atoms with E-state index in [4.69, 9.17) is 0 Å². The number of benzene rings is 1. The van der Waals surface area contributed by atoms with E-state index in [1.54, 1.807) is 6.07 Å². The fourth-order valence-electron chi connectivity index (χ4n) is 3.02. The van der Waals surface area contributed by atoms with Gasteiger partial charge in [0.25, 0.3) is 0 Å². The van der Waals surface area contributed by atoms with Crippen molar-refractivity contribution in [2.75, 3.05) is 5.32 Å². The molecule has 0 saturated heterocycles. The maximum absolute atomic E-state index is 13.7. The highest BCUT2D eigenvalue weighted by molar-refractivity contribution is 5.47. The molecule has 0 bridgehead atoms. The minimum Gasteiger partial charge on any atom is -0.380 e. The summed E-state index contributed by atoms with van der Waals surface area (Å²) in [5.41, 5.74) is 1.63. The minimum absolute atomic E-state index is 0.129. The van der Waals surface area contributed by atoms with E-state index >= 15 is 0 Å². The van der Waals surface area contributed by atoms with E-state index in [2.05, 4.69) is 19.2 Å². The minimum atomic E-state index is -0.129. The van der Waals surface area contributed by atoms with Gasteiger partial charge in [0, 0.05) is 6.04 Å². The van der Waals surface area contributed by atoms with Gasteiger partial charge in [0.05, 0.1) is 5.69 Å². The zero-order valence-corrected chi connectivity index (χ0v) is 11.0. The van der Waals surface area contributed by atoms with Crippen molar-refractivity contribution in [1.29, 1.82) is 0 Å². The van der Waals surface area contributed by atoms with E-state index in [-0.39, 0.29) is 5.82 Å². The highest BCUT2D eigenvalue weighted by atomic mass is 19.1. The van der Waals surface area contributed by atoms with Crippen LogP contribution < -0.4 is 5.32 Å². The van der Waals surface area contributed by atoms with Crippen molar-refractivity contribution in [1.82, 2.24) is 0 Å². The maximum Gasteiger partial charge on any atom is 0.146 e. The number of aryl methyl sites for hydroxylation is 1. The van der Waals surface area contributed by atoms with Gasteiger partial charge in [0.2, 0.25) is 0 Å². The van der Waals surface area contributed by atoms with Crippen molar-refractivity contribution in [3.05, 3.63) is 29.6 Å². The number of hydrogen-bond donors (Lipinski definition) is 1. The summed E-state index contributed by atoms with van der Waals surface area (Å²) < 4.78 is 13.7. The van der Waals surface area contributed by atoms with Crippen LogP contribution in [0, 0.1) is 24.6 Å². The van der Waals surface area contributed by atoms with Crippen LogP contribution in [-0.4, -0.2) is 6.04 Å². The largest absolute Gasteiger partial charge is 0.380 e. The number of halogens is 1. The van der Waals surface area contributed by atoms with Crippen LogP contribution in [0.5, 0.6) is 0 Å². The molecule has 0 aromatic heterocycles. The summed E-state index contributed by atoms with van der Waals surface area (Å²) in [4.78, 5) is 0. The Balaban J connectivity index is 2.04. The molecule has 1 fully saturated rings. The van der Waals surface area contributed by atoms with Crippen LogP contribution in [0.1, 0.15) is 38.7 Å². The Morgan fingerprint density at radius 1 is 1.12 bits per heavy atom. The molecule has 1 aliphatic rings. The number of hydrogen-bond acceptors (Lipinski definition) is 1. The van der Waals surface area contributed by atoms with Gasteiger partial charge in [0.15, 0.2) is 0 Å². The van der Waals surface area contributed by atoms with Gasteiger partial charge in [-0.15, -0.1) is 0 Å². The molecule has 0 radical (unpaired) electrons. The molecular formula is C15H22FN. The molecule has 0 spiro atoms. The lowest BCUT2D eigenvalue weighted by Gasteiger charge is -2.32. The molecule has 17 heavy (non-hydrogen) atoms. The van der Waals surface area contributed by atoms with Crippen LogP contribution in [-0.2, 0) is 0 Å². The van der Waals surface area contributed by atoms with Crippen LogP contribution in [0.2, 0.25) is 0 Å². The van der Waals surface area contributed by atoms with Gasteiger partial charge < -0.3 is 5.32 Å². The predicted molar refractivity (Wildman–Crippen MR) is 70.7 cm³/mol. The maximum atomic E-state index is 13.7. The van der Waals surface area contributed by atoms with Crippen molar-refractivity contribution in [3.63, 3.8) is 0 Å². The molecular weight excluding hydrogens is 213 g/mol. The van der Waals surface area contributed by atoms with Gasteiger partial charge in [0.1, 0.15) is 5.82 Å². The SMILES string of the molecule is Cc1ccc(NC2CC(C)CC(C)C2)c(F)c1. The monoisotopic (exact) mass is 235 g/mol. The Kier molecular flexibility index (Phi) is 3.70. The lowest BCUT2D eigenvalue weighted by molar-refractivity contribution is 0.280. The first kappa shape index (κ1) is 12.4. The zero-order chi connectivity index (χ0) is 12.4. The lowest BCUT2D eigenvalue weighted by atomic mass is 9.80. The van der Waals surface area contributed by atoms with Crippen molar-refractivity contribution in [2.45, 2.75) is 46.1 Å². The molecule has 2 unspecified atom stereocenters. The molecule has 1 nitrogen and oxygen atoms in total. The Morgan fingerprint density at radius 2 is 1.76 bits per heavy atom. The highest BCUT2D eigenvalue weighted by Gasteiger charge is 2.24.